The van der Waals surface area contributed by atoms with Gasteiger partial charge in [-0.3, -0.25) is 39.4 Å². The Bertz CT molecular complexity index is 2010. The highest BCUT2D eigenvalue weighted by Gasteiger charge is 2.45. The number of rotatable bonds is 9. The van der Waals surface area contributed by atoms with Gasteiger partial charge in [-0.05, 0) is 69.5 Å². The molecule has 5 heterocycles. The van der Waals surface area contributed by atoms with E-state index in [9.17, 15) is 19.2 Å². The molecule has 2 saturated heterocycles. The van der Waals surface area contributed by atoms with Gasteiger partial charge in [-0.2, -0.15) is 5.10 Å². The van der Waals surface area contributed by atoms with Crippen molar-refractivity contribution in [3.05, 3.63) is 59.9 Å². The van der Waals surface area contributed by atoms with Gasteiger partial charge in [0.25, 0.3) is 11.8 Å². The fourth-order valence-electron chi connectivity index (χ4n) is 6.82. The number of fused-ring (bicyclic) bond motifs is 2. The smallest absolute Gasteiger partial charge is 0.262 e. The van der Waals surface area contributed by atoms with Gasteiger partial charge in [-0.1, -0.05) is 0 Å². The summed E-state index contributed by atoms with van der Waals surface area (Å²) >= 11 is 0. The second-order valence-corrected chi connectivity index (χ2v) is 13.4. The van der Waals surface area contributed by atoms with Crippen molar-refractivity contribution >= 4 is 40.3 Å². The molecule has 1 saturated carbocycles. The lowest BCUT2D eigenvalue weighted by Crippen LogP contribution is -2.54. The van der Waals surface area contributed by atoms with E-state index in [4.69, 9.17) is 9.47 Å². The highest BCUT2D eigenvalue weighted by molar-refractivity contribution is 6.23. The number of nitrogens with zero attached hydrogens (tertiary/aromatic N) is 6. The third-order valence-corrected chi connectivity index (χ3v) is 9.90. The molecule has 2 aromatic heterocycles. The molecule has 2 aromatic carbocycles. The molecule has 4 amide bonds. The maximum Gasteiger partial charge on any atom is 0.262 e. The summed E-state index contributed by atoms with van der Waals surface area (Å²) in [6.45, 7) is 7.68. The van der Waals surface area contributed by atoms with Crippen LogP contribution in [0.2, 0.25) is 0 Å². The second kappa shape index (κ2) is 11.9. The van der Waals surface area contributed by atoms with Crippen LogP contribution in [0, 0.1) is 0 Å². The second-order valence-electron chi connectivity index (χ2n) is 13.4. The highest BCUT2D eigenvalue weighted by Crippen LogP contribution is 2.40. The van der Waals surface area contributed by atoms with E-state index in [0.29, 0.717) is 18.9 Å². The van der Waals surface area contributed by atoms with Gasteiger partial charge in [-0.25, -0.2) is 9.97 Å². The topological polar surface area (TPSA) is 163 Å². The summed E-state index contributed by atoms with van der Waals surface area (Å²) in [5.41, 5.74) is 2.79. The van der Waals surface area contributed by atoms with E-state index in [0.717, 1.165) is 71.2 Å². The molecule has 0 radical (unpaired) electrons. The summed E-state index contributed by atoms with van der Waals surface area (Å²) in [5.74, 6) is 0.00642. The van der Waals surface area contributed by atoms with Crippen LogP contribution in [-0.2, 0) is 9.59 Å². The molecule has 2 atom stereocenters. The largest absolute Gasteiger partial charge is 0.492 e. The number of ether oxygens (including phenoxy) is 2. The molecule has 14 nitrogen and oxygen atoms in total. The van der Waals surface area contributed by atoms with Crippen molar-refractivity contribution in [3.8, 4) is 22.9 Å². The summed E-state index contributed by atoms with van der Waals surface area (Å²) in [6, 6.07) is 11.9. The molecule has 14 heteroatoms. The number of anilines is 1. The number of piperazine rings is 1. The number of hydrogen-bond donors (Lipinski definition) is 2. The predicted octanol–water partition coefficient (Wildman–Crippen LogP) is 2.94. The fraction of sp³-hybridized carbons (Fsp3) is 0.400. The number of imide groups is 2. The molecule has 8 rings (SSSR count). The lowest BCUT2D eigenvalue weighted by atomic mass is 10.0. The number of carbonyl (C=O) groups excluding carboxylic acids is 4. The van der Waals surface area contributed by atoms with Crippen molar-refractivity contribution in [2.45, 2.75) is 57.2 Å². The summed E-state index contributed by atoms with van der Waals surface area (Å²) in [6.07, 6.45) is 3.90. The molecular formula is C35H36N8O6. The van der Waals surface area contributed by atoms with Crippen LogP contribution in [0.5, 0.6) is 11.5 Å². The van der Waals surface area contributed by atoms with Gasteiger partial charge in [0.05, 0.1) is 28.0 Å². The highest BCUT2D eigenvalue weighted by atomic mass is 16.5. The zero-order valence-corrected chi connectivity index (χ0v) is 27.3. The number of hydrogen-bond acceptors (Lipinski definition) is 11. The first kappa shape index (κ1) is 30.9. The van der Waals surface area contributed by atoms with Crippen LogP contribution in [-0.4, -0.2) is 104 Å². The Morgan fingerprint density at radius 2 is 1.78 bits per heavy atom. The monoisotopic (exact) mass is 664 g/mol. The van der Waals surface area contributed by atoms with Crippen LogP contribution >= 0.6 is 0 Å². The van der Waals surface area contributed by atoms with E-state index in [1.165, 1.54) is 0 Å². The quantitative estimate of drug-likeness (QED) is 0.253. The maximum absolute atomic E-state index is 13.2. The van der Waals surface area contributed by atoms with E-state index in [2.05, 4.69) is 49.1 Å². The Morgan fingerprint density at radius 3 is 2.57 bits per heavy atom. The van der Waals surface area contributed by atoms with Crippen LogP contribution < -0.4 is 19.7 Å². The van der Waals surface area contributed by atoms with Gasteiger partial charge in [-0.15, -0.1) is 0 Å². The number of benzene rings is 2. The first-order valence-corrected chi connectivity index (χ1v) is 16.6. The number of carbonyl (C=O) groups is 4. The predicted molar refractivity (Wildman–Crippen MR) is 177 cm³/mol. The average molecular weight is 665 g/mol. The minimum Gasteiger partial charge on any atom is -0.492 e. The van der Waals surface area contributed by atoms with E-state index in [-0.39, 0.29) is 35.6 Å². The van der Waals surface area contributed by atoms with Gasteiger partial charge in [0, 0.05) is 50.1 Å². The Hall–Kier alpha value is -5.37. The zero-order valence-electron chi connectivity index (χ0n) is 27.3. The van der Waals surface area contributed by atoms with Crippen molar-refractivity contribution < 1.29 is 28.7 Å². The number of aromatic nitrogens is 4. The van der Waals surface area contributed by atoms with E-state index >= 15 is 0 Å². The van der Waals surface area contributed by atoms with Crippen molar-refractivity contribution in [1.29, 1.82) is 0 Å². The van der Waals surface area contributed by atoms with Crippen LogP contribution in [0.15, 0.2) is 48.8 Å². The molecular weight excluding hydrogens is 628 g/mol. The molecule has 3 fully saturated rings. The Kier molecular flexibility index (Phi) is 7.54. The van der Waals surface area contributed by atoms with Crippen LogP contribution in [0.25, 0.3) is 22.3 Å². The molecule has 49 heavy (non-hydrogen) atoms. The van der Waals surface area contributed by atoms with Crippen LogP contribution in [0.3, 0.4) is 0 Å². The van der Waals surface area contributed by atoms with E-state index < -0.39 is 29.7 Å². The van der Waals surface area contributed by atoms with Gasteiger partial charge >= 0.3 is 0 Å². The summed E-state index contributed by atoms with van der Waals surface area (Å²) < 4.78 is 12.2. The molecule has 252 valence electrons. The molecule has 4 aliphatic rings. The molecule has 0 spiro atoms. The van der Waals surface area contributed by atoms with E-state index in [1.807, 2.05) is 24.3 Å². The van der Waals surface area contributed by atoms with Crippen molar-refractivity contribution in [2.75, 3.05) is 37.7 Å². The molecule has 1 unspecified atom stereocenters. The SMILES string of the molecule is C[C@H]1CN(c2cc(-c3[nH]nc4ccc(OC5(C)CC5)cc34)ncn2)CCN1CCOc1ccc2c(c1)C(=O)N(C1CCC(=O)NC1=O)C2=O. The normalized spacial score (nSPS) is 22.0. The first-order chi connectivity index (χ1) is 23.7. The Morgan fingerprint density at radius 1 is 0.959 bits per heavy atom. The number of H-pyrrole nitrogens is 1. The summed E-state index contributed by atoms with van der Waals surface area (Å²) in [5, 5.41) is 10.8. The molecule has 0 bridgehead atoms. The third-order valence-electron chi connectivity index (χ3n) is 9.90. The van der Waals surface area contributed by atoms with Gasteiger partial charge in [0.15, 0.2) is 0 Å². The summed E-state index contributed by atoms with van der Waals surface area (Å²) in [4.78, 5) is 64.8. The van der Waals surface area contributed by atoms with Gasteiger partial charge < -0.3 is 14.4 Å². The number of aromatic amines is 1. The number of amides is 4. The first-order valence-electron chi connectivity index (χ1n) is 16.6. The fourth-order valence-corrected chi connectivity index (χ4v) is 6.82. The van der Waals surface area contributed by atoms with Crippen molar-refractivity contribution in [1.82, 2.24) is 35.3 Å². The Labute approximate surface area is 281 Å². The molecule has 1 aliphatic carbocycles. The molecule has 3 aliphatic heterocycles. The minimum atomic E-state index is -1.00. The van der Waals surface area contributed by atoms with Crippen LogP contribution in [0.4, 0.5) is 5.82 Å². The molecule has 2 N–H and O–H groups in total. The number of nitrogens with one attached hydrogen (secondary N) is 2. The average Bonchev–Trinajstić information content (AvgIpc) is 3.57. The van der Waals surface area contributed by atoms with Crippen molar-refractivity contribution in [3.63, 3.8) is 0 Å². The van der Waals surface area contributed by atoms with Crippen LogP contribution in [0.1, 0.15) is 60.2 Å². The lowest BCUT2D eigenvalue weighted by Gasteiger charge is -2.40. The Balaban J connectivity index is 0.879. The minimum absolute atomic E-state index is 0.0717. The number of piperidine rings is 1. The van der Waals surface area contributed by atoms with E-state index in [1.54, 1.807) is 24.5 Å². The zero-order chi connectivity index (χ0) is 33.9. The lowest BCUT2D eigenvalue weighted by molar-refractivity contribution is -0.136. The summed E-state index contributed by atoms with van der Waals surface area (Å²) in [7, 11) is 0. The van der Waals surface area contributed by atoms with Gasteiger partial charge in [0.1, 0.15) is 41.9 Å². The standard InChI is InChI=1S/C35H36N8O6/c1-20-18-42(29-17-27(36-19-37-29)31-25-16-22(49-35(2)9-10-35)4-6-26(25)39-40-31)12-11-41(20)13-14-48-21-3-5-23-24(15-21)34(47)43(33(23)46)28-7-8-30(44)38-32(28)45/h3-6,15-17,19-20,28H,7-14,18H2,1-2H3,(H,39,40)(H,38,44,45)/t20-,28?/m0/s1. The third kappa shape index (κ3) is 5.86. The molecule has 4 aromatic rings. The maximum atomic E-state index is 13.2. The van der Waals surface area contributed by atoms with Crippen molar-refractivity contribution in [2.24, 2.45) is 0 Å². The van der Waals surface area contributed by atoms with Gasteiger partial charge in [0.2, 0.25) is 11.8 Å².